The van der Waals surface area contributed by atoms with Crippen LogP contribution in [-0.2, 0) is 28.7 Å². The number of aliphatic carboxylic acids is 1. The third-order valence-electron chi connectivity index (χ3n) is 7.46. The number of nitrogens with one attached hydrogen (secondary N) is 1. The highest BCUT2D eigenvalue weighted by molar-refractivity contribution is 7.13. The van der Waals surface area contributed by atoms with Gasteiger partial charge in [0, 0.05) is 30.0 Å². The quantitative estimate of drug-likeness (QED) is 0.329. The number of anilines is 1. The molecule has 0 unspecified atom stereocenters. The maximum Gasteiger partial charge on any atom is 0.317 e. The lowest BCUT2D eigenvalue weighted by molar-refractivity contribution is -0.299. The lowest BCUT2D eigenvalue weighted by atomic mass is 9.62. The van der Waals surface area contributed by atoms with Gasteiger partial charge < -0.3 is 25.5 Å². The van der Waals surface area contributed by atoms with Crippen LogP contribution in [0, 0.1) is 11.3 Å². The standard InChI is InChI=1S/C25H28N2O7S.H3N/c1-15(19(29)27-22-26-13-14-35-22)5-4-9-23(3)18-8-11-24(21(32)34-23)10-6-17(20(30)31)7-12-25(18,24)33-16(2)28;/h4-6,9,13-14,18H,7-8,10-12H2,1-3H3,(H,30,31)(H,26,27,29);1H3/b9-4+,15-5+;/t18-,23+,24+,25-;/m0./s1. The van der Waals surface area contributed by atoms with Crippen LogP contribution in [0.3, 0.4) is 0 Å². The van der Waals surface area contributed by atoms with Gasteiger partial charge in [0.1, 0.15) is 16.6 Å². The molecule has 4 atom stereocenters. The second-order valence-electron chi connectivity index (χ2n) is 9.45. The average molecular weight is 518 g/mol. The van der Waals surface area contributed by atoms with Crippen LogP contribution in [0.1, 0.15) is 52.9 Å². The number of allylic oxidation sites excluding steroid dienone is 3. The minimum atomic E-state index is -1.29. The summed E-state index contributed by atoms with van der Waals surface area (Å²) in [5, 5.41) is 16.5. The van der Waals surface area contributed by atoms with Crippen molar-refractivity contribution in [2.75, 3.05) is 5.32 Å². The number of cyclic esters (lactones) is 1. The smallest absolute Gasteiger partial charge is 0.317 e. The molecule has 2 aliphatic carbocycles. The molecule has 11 heteroatoms. The number of carboxylic acids is 1. The van der Waals surface area contributed by atoms with Crippen LogP contribution >= 0.6 is 11.3 Å². The minimum absolute atomic E-state index is 0. The first-order chi connectivity index (χ1) is 16.5. The number of carbonyl (C=O) groups excluding carboxylic acids is 4. The van der Waals surface area contributed by atoms with E-state index in [-0.39, 0.29) is 42.8 Å². The molecule has 3 aliphatic rings. The molecule has 36 heavy (non-hydrogen) atoms. The number of esters is 2. The van der Waals surface area contributed by atoms with Crippen LogP contribution in [0.2, 0.25) is 0 Å². The highest BCUT2D eigenvalue weighted by atomic mass is 32.1. The number of aromatic nitrogens is 1. The number of ether oxygens (including phenoxy) is 2. The molecule has 1 aromatic heterocycles. The second-order valence-corrected chi connectivity index (χ2v) is 10.3. The number of rotatable bonds is 6. The van der Waals surface area contributed by atoms with Crippen molar-refractivity contribution in [1.82, 2.24) is 11.1 Å². The summed E-state index contributed by atoms with van der Waals surface area (Å²) >= 11 is 1.31. The summed E-state index contributed by atoms with van der Waals surface area (Å²) in [6.45, 7) is 4.70. The Morgan fingerprint density at radius 3 is 2.69 bits per heavy atom. The summed E-state index contributed by atoms with van der Waals surface area (Å²) in [4.78, 5) is 53.7. The maximum atomic E-state index is 13.5. The van der Waals surface area contributed by atoms with Gasteiger partial charge in [0.15, 0.2) is 5.13 Å². The summed E-state index contributed by atoms with van der Waals surface area (Å²) in [6, 6.07) is 0. The van der Waals surface area contributed by atoms with E-state index in [4.69, 9.17) is 9.47 Å². The van der Waals surface area contributed by atoms with Gasteiger partial charge in [0.2, 0.25) is 0 Å². The van der Waals surface area contributed by atoms with Gasteiger partial charge in [-0.3, -0.25) is 19.7 Å². The van der Waals surface area contributed by atoms with Crippen LogP contribution in [0.4, 0.5) is 5.13 Å². The Morgan fingerprint density at radius 1 is 1.31 bits per heavy atom. The molecule has 1 saturated heterocycles. The number of thiazole rings is 1. The minimum Gasteiger partial charge on any atom is -0.545 e. The van der Waals surface area contributed by atoms with Crippen LogP contribution in [-0.4, -0.2) is 40.0 Å². The lowest BCUT2D eigenvalue weighted by Crippen LogP contribution is -2.65. The Kier molecular flexibility index (Phi) is 7.56. The molecule has 1 aliphatic heterocycles. The Balaban J connectivity index is 0.00000361. The summed E-state index contributed by atoms with van der Waals surface area (Å²) in [5.74, 6) is -3.04. The number of hydrogen-bond donors (Lipinski definition) is 2. The molecule has 1 amide bonds. The van der Waals surface area contributed by atoms with Crippen molar-refractivity contribution in [2.45, 2.75) is 64.1 Å². The molecule has 5 N–H and O–H groups in total. The number of nitrogens with zero attached hydrogens (tertiary/aromatic N) is 1. The molecule has 4 rings (SSSR count). The molecule has 2 bridgehead atoms. The van der Waals surface area contributed by atoms with Gasteiger partial charge in [-0.15, -0.1) is 11.3 Å². The predicted octanol–water partition coefficient (Wildman–Crippen LogP) is 2.83. The zero-order valence-electron chi connectivity index (χ0n) is 20.8. The van der Waals surface area contributed by atoms with Crippen LogP contribution < -0.4 is 16.6 Å². The Labute approximate surface area is 213 Å². The Hall–Kier alpha value is -3.31. The summed E-state index contributed by atoms with van der Waals surface area (Å²) in [5.41, 5.74) is -2.95. The fourth-order valence-corrected chi connectivity index (χ4v) is 6.33. The van der Waals surface area contributed by atoms with E-state index in [9.17, 15) is 24.3 Å². The number of carboxylic acid groups (broad SMARTS) is 1. The summed E-state index contributed by atoms with van der Waals surface area (Å²) < 4.78 is 11.9. The fraction of sp³-hybridized carbons (Fsp3) is 0.480. The topological polar surface area (TPSA) is 171 Å². The first-order valence-corrected chi connectivity index (χ1v) is 12.3. The van der Waals surface area contributed by atoms with Gasteiger partial charge >= 0.3 is 11.9 Å². The van der Waals surface area contributed by atoms with Crippen LogP contribution in [0.25, 0.3) is 0 Å². The Morgan fingerprint density at radius 2 is 2.06 bits per heavy atom. The van der Waals surface area contributed by atoms with Crippen molar-refractivity contribution in [3.05, 3.63) is 47.0 Å². The molecular formula is C25H31N3O7S. The van der Waals surface area contributed by atoms with Crippen LogP contribution in [0.5, 0.6) is 0 Å². The zero-order valence-corrected chi connectivity index (χ0v) is 21.6. The molecule has 0 aromatic carbocycles. The molecule has 1 aromatic rings. The third kappa shape index (κ3) is 4.48. The van der Waals surface area contributed by atoms with Crippen molar-refractivity contribution in [3.63, 3.8) is 0 Å². The van der Waals surface area contributed by atoms with Gasteiger partial charge in [-0.05, 0) is 57.6 Å². The second kappa shape index (κ2) is 9.98. The summed E-state index contributed by atoms with van der Waals surface area (Å²) in [7, 11) is 0. The van der Waals surface area contributed by atoms with E-state index in [0.717, 1.165) is 0 Å². The van der Waals surface area contributed by atoms with E-state index < -0.39 is 34.5 Å². The molecule has 194 valence electrons. The molecule has 0 spiro atoms. The number of hydrogen-bond acceptors (Lipinski definition) is 9. The van der Waals surface area contributed by atoms with Gasteiger partial charge in [0.05, 0.1) is 5.97 Å². The number of quaternary nitrogens is 1. The average Bonchev–Trinajstić information content (AvgIpc) is 3.32. The highest BCUT2D eigenvalue weighted by Crippen LogP contribution is 2.65. The lowest BCUT2D eigenvalue weighted by Gasteiger charge is -2.54. The van der Waals surface area contributed by atoms with E-state index in [1.807, 2.05) is 0 Å². The van der Waals surface area contributed by atoms with Crippen molar-refractivity contribution in [2.24, 2.45) is 11.3 Å². The predicted molar refractivity (Wildman–Crippen MR) is 131 cm³/mol. The van der Waals surface area contributed by atoms with E-state index in [1.54, 1.807) is 43.7 Å². The molecular weight excluding hydrogens is 486 g/mol. The first-order valence-electron chi connectivity index (χ1n) is 11.4. The SMILES string of the molecule is CC(=O)O[C@]12CCC(C(=O)[O-])=CC[C@]13CC[C@H]2[C@@](C)(/C=C/C=C(\C)C(=O)Nc1nccs1)OC3=O.[NH4+]. The zero-order chi connectivity index (χ0) is 25.4. The summed E-state index contributed by atoms with van der Waals surface area (Å²) in [6.07, 6.45) is 9.45. The Bertz CT molecular complexity index is 1160. The highest BCUT2D eigenvalue weighted by Gasteiger charge is 2.74. The van der Waals surface area contributed by atoms with Crippen molar-refractivity contribution in [3.8, 4) is 0 Å². The van der Waals surface area contributed by atoms with Crippen molar-refractivity contribution in [1.29, 1.82) is 0 Å². The number of amides is 1. The van der Waals surface area contributed by atoms with Gasteiger partial charge in [-0.2, -0.15) is 0 Å². The largest absolute Gasteiger partial charge is 0.545 e. The molecule has 2 heterocycles. The van der Waals surface area contributed by atoms with Crippen LogP contribution in [0.15, 0.2) is 47.0 Å². The van der Waals surface area contributed by atoms with Gasteiger partial charge in [-0.1, -0.05) is 18.2 Å². The normalized spacial score (nSPS) is 31.4. The molecule has 1 saturated carbocycles. The van der Waals surface area contributed by atoms with Gasteiger partial charge in [-0.25, -0.2) is 4.98 Å². The van der Waals surface area contributed by atoms with E-state index >= 15 is 0 Å². The molecule has 10 nitrogen and oxygen atoms in total. The first kappa shape index (κ1) is 27.3. The third-order valence-corrected chi connectivity index (χ3v) is 8.15. The molecule has 2 fully saturated rings. The maximum absolute atomic E-state index is 13.5. The van der Waals surface area contributed by atoms with E-state index in [1.165, 1.54) is 24.3 Å². The molecule has 0 radical (unpaired) electrons. The van der Waals surface area contributed by atoms with Gasteiger partial charge in [0.25, 0.3) is 5.91 Å². The van der Waals surface area contributed by atoms with E-state index in [0.29, 0.717) is 23.5 Å². The fourth-order valence-electron chi connectivity index (χ4n) is 5.81. The van der Waals surface area contributed by atoms with E-state index in [2.05, 4.69) is 10.3 Å². The van der Waals surface area contributed by atoms with Crippen molar-refractivity contribution < 1.29 is 33.8 Å². The van der Waals surface area contributed by atoms with Crippen molar-refractivity contribution >= 4 is 40.3 Å². The number of carbonyl (C=O) groups is 4. The monoisotopic (exact) mass is 517 g/mol.